The number of phenolic OH excluding ortho intramolecular Hbond substituents is 1. The van der Waals surface area contributed by atoms with Gasteiger partial charge in [-0.1, -0.05) is 65.3 Å². The fourth-order valence-electron chi connectivity index (χ4n) is 3.44. The molecular weight excluding hydrogens is 440 g/mol. The monoisotopic (exact) mass is 474 g/mol. The highest BCUT2D eigenvalue weighted by molar-refractivity contribution is 6.33. The third-order valence-electron chi connectivity index (χ3n) is 5.32. The zero-order chi connectivity index (χ0) is 25.0. The van der Waals surface area contributed by atoms with Crippen molar-refractivity contribution < 1.29 is 19.4 Å². The number of phenols is 1. The molecule has 2 aromatic carbocycles. The molecule has 0 aromatic heterocycles. The maximum atomic E-state index is 12.4. The van der Waals surface area contributed by atoms with Crippen LogP contribution in [0.1, 0.15) is 70.2 Å². The van der Waals surface area contributed by atoms with E-state index < -0.39 is 0 Å². The Morgan fingerprint density at radius 1 is 1.00 bits per heavy atom. The quantitative estimate of drug-likeness (QED) is 0.396. The molecule has 1 amide bonds. The van der Waals surface area contributed by atoms with Crippen LogP contribution in [0.25, 0.3) is 0 Å². The molecule has 0 unspecified atom stereocenters. The van der Waals surface area contributed by atoms with Crippen LogP contribution < -0.4 is 14.9 Å². The lowest BCUT2D eigenvalue weighted by Gasteiger charge is -2.28. The zero-order valence-corrected chi connectivity index (χ0v) is 21.6. The first-order chi connectivity index (χ1) is 15.3. The SMILES string of the molecule is COc1cc(Cl)c(/C=N\NC(=O)CCc2cc(C(C)(C)C)c(O)c(C(C)(C)C)c2)cc1OC. The summed E-state index contributed by atoms with van der Waals surface area (Å²) in [6.07, 6.45) is 2.26. The summed E-state index contributed by atoms with van der Waals surface area (Å²) in [7, 11) is 3.07. The maximum absolute atomic E-state index is 12.4. The summed E-state index contributed by atoms with van der Waals surface area (Å²) in [4.78, 5) is 12.4. The number of nitrogens with zero attached hydrogens (tertiary/aromatic N) is 1. The number of aryl methyl sites for hydroxylation is 1. The highest BCUT2D eigenvalue weighted by Crippen LogP contribution is 2.40. The summed E-state index contributed by atoms with van der Waals surface area (Å²) < 4.78 is 10.5. The minimum absolute atomic E-state index is 0.217. The number of hydrogen-bond acceptors (Lipinski definition) is 5. The predicted molar refractivity (Wildman–Crippen MR) is 134 cm³/mol. The molecule has 0 aliphatic carbocycles. The normalized spacial score (nSPS) is 12.2. The maximum Gasteiger partial charge on any atom is 0.240 e. The third-order valence-corrected chi connectivity index (χ3v) is 5.65. The first-order valence-corrected chi connectivity index (χ1v) is 11.3. The van der Waals surface area contributed by atoms with E-state index in [9.17, 15) is 9.90 Å². The number of methoxy groups -OCH3 is 2. The van der Waals surface area contributed by atoms with Gasteiger partial charge in [-0.2, -0.15) is 5.10 Å². The van der Waals surface area contributed by atoms with Crippen molar-refractivity contribution in [2.24, 2.45) is 5.10 Å². The Morgan fingerprint density at radius 2 is 1.52 bits per heavy atom. The molecule has 0 atom stereocenters. The van der Waals surface area contributed by atoms with E-state index in [-0.39, 0.29) is 23.2 Å². The van der Waals surface area contributed by atoms with Gasteiger partial charge < -0.3 is 14.6 Å². The zero-order valence-electron chi connectivity index (χ0n) is 20.8. The van der Waals surface area contributed by atoms with Gasteiger partial charge in [0.25, 0.3) is 0 Å². The van der Waals surface area contributed by atoms with Crippen molar-refractivity contribution in [3.05, 3.63) is 51.5 Å². The van der Waals surface area contributed by atoms with Crippen molar-refractivity contribution in [1.29, 1.82) is 0 Å². The van der Waals surface area contributed by atoms with E-state index in [0.29, 0.717) is 34.3 Å². The van der Waals surface area contributed by atoms with E-state index in [1.165, 1.54) is 20.4 Å². The van der Waals surface area contributed by atoms with Gasteiger partial charge in [0, 0.05) is 18.1 Å². The second kappa shape index (κ2) is 10.5. The van der Waals surface area contributed by atoms with Gasteiger partial charge in [-0.3, -0.25) is 4.79 Å². The second-order valence-corrected chi connectivity index (χ2v) is 10.5. The minimum Gasteiger partial charge on any atom is -0.507 e. The second-order valence-electron chi connectivity index (χ2n) is 10.1. The molecule has 0 fully saturated rings. The summed E-state index contributed by atoms with van der Waals surface area (Å²) in [5.74, 6) is 1.15. The number of rotatable bonds is 7. The van der Waals surface area contributed by atoms with Crippen molar-refractivity contribution in [1.82, 2.24) is 5.43 Å². The Hall–Kier alpha value is -2.73. The van der Waals surface area contributed by atoms with Crippen LogP contribution in [0.3, 0.4) is 0 Å². The van der Waals surface area contributed by atoms with Gasteiger partial charge in [-0.25, -0.2) is 5.43 Å². The van der Waals surface area contributed by atoms with Crippen molar-refractivity contribution in [2.45, 2.75) is 65.2 Å². The largest absolute Gasteiger partial charge is 0.507 e. The fourth-order valence-corrected chi connectivity index (χ4v) is 3.64. The molecular formula is C26H35ClN2O4. The molecule has 0 aliphatic heterocycles. The standard InChI is InChI=1S/C26H35ClN2O4/c1-25(2,3)18-11-16(12-19(24(18)31)26(4,5)6)9-10-23(30)29-28-15-17-13-21(32-7)22(33-8)14-20(17)27/h11-15,31H,9-10H2,1-8H3,(H,29,30)/b28-15-. The molecule has 0 radical (unpaired) electrons. The van der Waals surface area contributed by atoms with Crippen molar-refractivity contribution >= 4 is 23.7 Å². The molecule has 0 heterocycles. The Kier molecular flexibility index (Phi) is 8.41. The van der Waals surface area contributed by atoms with Crippen LogP contribution in [0, 0.1) is 0 Å². The molecule has 0 spiro atoms. The molecule has 0 saturated carbocycles. The molecule has 6 nitrogen and oxygen atoms in total. The third kappa shape index (κ3) is 6.87. The number of nitrogens with one attached hydrogen (secondary N) is 1. The Bertz CT molecular complexity index is 999. The van der Waals surface area contributed by atoms with Gasteiger partial charge in [-0.15, -0.1) is 0 Å². The number of amides is 1. The van der Waals surface area contributed by atoms with Crippen LogP contribution in [0.5, 0.6) is 17.2 Å². The Morgan fingerprint density at radius 3 is 2.00 bits per heavy atom. The summed E-state index contributed by atoms with van der Waals surface area (Å²) >= 11 is 6.25. The van der Waals surface area contributed by atoms with E-state index in [1.807, 2.05) is 12.1 Å². The van der Waals surface area contributed by atoms with E-state index in [4.69, 9.17) is 21.1 Å². The lowest BCUT2D eigenvalue weighted by Crippen LogP contribution is -2.20. The molecule has 0 bridgehead atoms. The smallest absolute Gasteiger partial charge is 0.240 e. The molecule has 2 rings (SSSR count). The first-order valence-electron chi connectivity index (χ1n) is 10.9. The van der Waals surface area contributed by atoms with Gasteiger partial charge in [0.1, 0.15) is 5.75 Å². The van der Waals surface area contributed by atoms with Crippen LogP contribution in [0.2, 0.25) is 5.02 Å². The lowest BCUT2D eigenvalue weighted by atomic mass is 9.78. The van der Waals surface area contributed by atoms with Crippen molar-refractivity contribution in [3.63, 3.8) is 0 Å². The van der Waals surface area contributed by atoms with Crippen molar-refractivity contribution in [2.75, 3.05) is 14.2 Å². The van der Waals surface area contributed by atoms with Gasteiger partial charge >= 0.3 is 0 Å². The van der Waals surface area contributed by atoms with E-state index in [2.05, 4.69) is 52.1 Å². The first kappa shape index (κ1) is 26.5. The number of hydrazone groups is 1. The minimum atomic E-state index is -0.217. The number of benzene rings is 2. The van der Waals surface area contributed by atoms with Gasteiger partial charge in [0.2, 0.25) is 5.91 Å². The molecule has 0 saturated heterocycles. The summed E-state index contributed by atoms with van der Waals surface area (Å²) in [5, 5.41) is 15.3. The Labute approximate surface area is 201 Å². The molecule has 0 aliphatic rings. The van der Waals surface area contributed by atoms with Crippen LogP contribution in [0.4, 0.5) is 0 Å². The molecule has 33 heavy (non-hydrogen) atoms. The fraction of sp³-hybridized carbons (Fsp3) is 0.462. The van der Waals surface area contributed by atoms with E-state index >= 15 is 0 Å². The molecule has 180 valence electrons. The van der Waals surface area contributed by atoms with E-state index in [1.54, 1.807) is 12.1 Å². The number of aromatic hydroxyl groups is 1. The summed E-state index contributed by atoms with van der Waals surface area (Å²) in [6, 6.07) is 7.30. The number of ether oxygens (including phenoxy) is 2. The van der Waals surface area contributed by atoms with Crippen LogP contribution in [-0.4, -0.2) is 31.4 Å². The number of halogens is 1. The number of carbonyl (C=O) groups excluding carboxylic acids is 1. The highest BCUT2D eigenvalue weighted by atomic mass is 35.5. The predicted octanol–water partition coefficient (Wildman–Crippen LogP) is 5.74. The molecule has 2 aromatic rings. The molecule has 2 N–H and O–H groups in total. The van der Waals surface area contributed by atoms with Crippen LogP contribution in [-0.2, 0) is 22.0 Å². The van der Waals surface area contributed by atoms with E-state index in [0.717, 1.165) is 16.7 Å². The summed E-state index contributed by atoms with van der Waals surface area (Å²) in [5.41, 5.74) is 5.47. The van der Waals surface area contributed by atoms with Gasteiger partial charge in [0.05, 0.1) is 25.5 Å². The van der Waals surface area contributed by atoms with Crippen molar-refractivity contribution in [3.8, 4) is 17.2 Å². The number of carbonyl (C=O) groups is 1. The highest BCUT2D eigenvalue weighted by Gasteiger charge is 2.26. The summed E-state index contributed by atoms with van der Waals surface area (Å²) in [6.45, 7) is 12.4. The van der Waals surface area contributed by atoms with Crippen LogP contribution >= 0.6 is 11.6 Å². The van der Waals surface area contributed by atoms with Gasteiger partial charge in [-0.05, 0) is 40.0 Å². The average molecular weight is 475 g/mol. The topological polar surface area (TPSA) is 80.2 Å². The van der Waals surface area contributed by atoms with Crippen LogP contribution in [0.15, 0.2) is 29.4 Å². The average Bonchev–Trinajstić information content (AvgIpc) is 2.72. The van der Waals surface area contributed by atoms with Gasteiger partial charge in [0.15, 0.2) is 11.5 Å². The number of hydrogen-bond donors (Lipinski definition) is 2. The molecule has 7 heteroatoms. The Balaban J connectivity index is 2.12. The lowest BCUT2D eigenvalue weighted by molar-refractivity contribution is -0.121.